The lowest BCUT2D eigenvalue weighted by Gasteiger charge is -2.18. The van der Waals surface area contributed by atoms with Gasteiger partial charge in [-0.2, -0.15) is 4.98 Å². The van der Waals surface area contributed by atoms with E-state index in [1.807, 2.05) is 24.9 Å². The van der Waals surface area contributed by atoms with Gasteiger partial charge in [-0.05, 0) is 6.92 Å². The molecule has 14 heavy (non-hydrogen) atoms. The molecule has 0 saturated carbocycles. The van der Waals surface area contributed by atoms with E-state index in [-0.39, 0.29) is 0 Å². The van der Waals surface area contributed by atoms with Crippen LogP contribution < -0.4 is 16.2 Å². The first kappa shape index (κ1) is 10.5. The van der Waals surface area contributed by atoms with E-state index in [0.29, 0.717) is 5.95 Å². The van der Waals surface area contributed by atoms with Crippen LogP contribution in [0.5, 0.6) is 0 Å². The van der Waals surface area contributed by atoms with Crippen LogP contribution in [0.25, 0.3) is 0 Å². The highest BCUT2D eigenvalue weighted by Gasteiger charge is 2.06. The highest BCUT2D eigenvalue weighted by Crippen LogP contribution is 2.15. The Balaban J connectivity index is 2.98. The third-order valence-electron chi connectivity index (χ3n) is 1.84. The largest absolute Gasteiger partial charge is 0.356 e. The van der Waals surface area contributed by atoms with Crippen LogP contribution in [0.2, 0.25) is 0 Å². The highest BCUT2D eigenvalue weighted by molar-refractivity contribution is 5.48. The van der Waals surface area contributed by atoms with Crippen LogP contribution in [0.1, 0.15) is 5.56 Å². The molecule has 5 heteroatoms. The zero-order valence-electron chi connectivity index (χ0n) is 8.49. The second-order valence-corrected chi connectivity index (χ2v) is 3.01. The molecule has 3 N–H and O–H groups in total. The van der Waals surface area contributed by atoms with Crippen LogP contribution in [0.4, 0.5) is 11.8 Å². The van der Waals surface area contributed by atoms with Crippen molar-refractivity contribution in [2.24, 2.45) is 5.84 Å². The van der Waals surface area contributed by atoms with Gasteiger partial charge in [0.05, 0.1) is 0 Å². The Kier molecular flexibility index (Phi) is 3.41. The van der Waals surface area contributed by atoms with Crippen molar-refractivity contribution in [2.45, 2.75) is 6.92 Å². The number of nitrogen functional groups attached to an aromatic ring is 1. The SMILES string of the molecule is C=CCN(C)c1nc(NN)ncc1C. The van der Waals surface area contributed by atoms with E-state index in [0.717, 1.165) is 17.9 Å². The summed E-state index contributed by atoms with van der Waals surface area (Å²) in [5, 5.41) is 0. The number of aryl methyl sites for hydroxylation is 1. The number of hydrazine groups is 1. The number of anilines is 2. The Morgan fingerprint density at radius 1 is 1.71 bits per heavy atom. The molecule has 5 nitrogen and oxygen atoms in total. The smallest absolute Gasteiger partial charge is 0.239 e. The maximum atomic E-state index is 5.23. The van der Waals surface area contributed by atoms with Crippen LogP contribution >= 0.6 is 0 Å². The van der Waals surface area contributed by atoms with Gasteiger partial charge in [-0.3, -0.25) is 5.43 Å². The first-order valence-electron chi connectivity index (χ1n) is 4.31. The van der Waals surface area contributed by atoms with Gasteiger partial charge in [-0.15, -0.1) is 6.58 Å². The number of aromatic nitrogens is 2. The quantitative estimate of drug-likeness (QED) is 0.418. The molecule has 0 spiro atoms. The van der Waals surface area contributed by atoms with Crippen molar-refractivity contribution in [1.29, 1.82) is 0 Å². The molecule has 1 aromatic rings. The van der Waals surface area contributed by atoms with Gasteiger partial charge >= 0.3 is 0 Å². The van der Waals surface area contributed by atoms with Crippen LogP contribution in [0.15, 0.2) is 18.9 Å². The lowest BCUT2D eigenvalue weighted by atomic mass is 10.3. The summed E-state index contributed by atoms with van der Waals surface area (Å²) in [4.78, 5) is 10.2. The molecule has 0 radical (unpaired) electrons. The zero-order valence-corrected chi connectivity index (χ0v) is 8.49. The fourth-order valence-electron chi connectivity index (χ4n) is 1.17. The summed E-state index contributed by atoms with van der Waals surface area (Å²) in [5.74, 6) is 6.50. The summed E-state index contributed by atoms with van der Waals surface area (Å²) >= 11 is 0. The van der Waals surface area contributed by atoms with Crippen LogP contribution in [0, 0.1) is 6.92 Å². The molecule has 0 amide bonds. The standard InChI is InChI=1S/C9H15N5/c1-4-5-14(3)8-7(2)6-11-9(12-8)13-10/h4,6H,1,5,10H2,2-3H3,(H,11,12,13). The fourth-order valence-corrected chi connectivity index (χ4v) is 1.17. The van der Waals surface area contributed by atoms with E-state index < -0.39 is 0 Å². The third-order valence-corrected chi connectivity index (χ3v) is 1.84. The molecule has 0 aliphatic heterocycles. The lowest BCUT2D eigenvalue weighted by Crippen LogP contribution is -2.21. The van der Waals surface area contributed by atoms with E-state index >= 15 is 0 Å². The van der Waals surface area contributed by atoms with E-state index in [2.05, 4.69) is 22.0 Å². The molecule has 0 bridgehead atoms. The molecule has 0 aliphatic rings. The lowest BCUT2D eigenvalue weighted by molar-refractivity contribution is 0.957. The van der Waals surface area contributed by atoms with E-state index in [1.165, 1.54) is 0 Å². The zero-order chi connectivity index (χ0) is 10.6. The molecule has 0 fully saturated rings. The molecule has 76 valence electrons. The monoisotopic (exact) mass is 193 g/mol. The van der Waals surface area contributed by atoms with Crippen molar-refractivity contribution in [3.63, 3.8) is 0 Å². The Bertz CT molecular complexity index is 323. The number of likely N-dealkylation sites (N-methyl/N-ethyl adjacent to an activating group) is 1. The van der Waals surface area contributed by atoms with Crippen molar-refractivity contribution >= 4 is 11.8 Å². The minimum Gasteiger partial charge on any atom is -0.356 e. The number of nitrogens with two attached hydrogens (primary N) is 1. The average molecular weight is 193 g/mol. The van der Waals surface area contributed by atoms with Gasteiger partial charge in [-0.1, -0.05) is 6.08 Å². The molecular formula is C9H15N5. The Labute approximate surface area is 83.6 Å². The molecule has 0 aromatic carbocycles. The number of hydrogen-bond acceptors (Lipinski definition) is 5. The second kappa shape index (κ2) is 4.57. The molecule has 1 rings (SSSR count). The predicted molar refractivity (Wildman–Crippen MR) is 58.0 cm³/mol. The summed E-state index contributed by atoms with van der Waals surface area (Å²) in [5.41, 5.74) is 3.42. The van der Waals surface area contributed by atoms with Crippen LogP contribution in [-0.4, -0.2) is 23.6 Å². The molecule has 1 aromatic heterocycles. The van der Waals surface area contributed by atoms with Crippen molar-refractivity contribution in [1.82, 2.24) is 9.97 Å². The average Bonchev–Trinajstić information content (AvgIpc) is 2.19. The number of nitrogens with one attached hydrogen (secondary N) is 1. The van der Waals surface area contributed by atoms with Gasteiger partial charge in [0.2, 0.25) is 5.95 Å². The van der Waals surface area contributed by atoms with Crippen molar-refractivity contribution < 1.29 is 0 Å². The summed E-state index contributed by atoms with van der Waals surface area (Å²) in [6.45, 7) is 6.36. The number of rotatable bonds is 4. The fraction of sp³-hybridized carbons (Fsp3) is 0.333. The molecule has 0 saturated heterocycles. The van der Waals surface area contributed by atoms with Gasteiger partial charge in [0.15, 0.2) is 0 Å². The molecule has 0 unspecified atom stereocenters. The molecule has 0 aliphatic carbocycles. The number of nitrogens with zero attached hydrogens (tertiary/aromatic N) is 3. The van der Waals surface area contributed by atoms with Gasteiger partial charge in [0.25, 0.3) is 0 Å². The minimum atomic E-state index is 0.418. The maximum Gasteiger partial charge on any atom is 0.239 e. The first-order valence-corrected chi connectivity index (χ1v) is 4.31. The van der Waals surface area contributed by atoms with Crippen LogP contribution in [0.3, 0.4) is 0 Å². The third kappa shape index (κ3) is 2.20. The number of hydrogen-bond donors (Lipinski definition) is 2. The summed E-state index contributed by atoms with van der Waals surface area (Å²) in [6.07, 6.45) is 3.55. The Morgan fingerprint density at radius 2 is 2.43 bits per heavy atom. The van der Waals surface area contributed by atoms with Crippen molar-refractivity contribution in [3.8, 4) is 0 Å². The van der Waals surface area contributed by atoms with Gasteiger partial charge in [0.1, 0.15) is 5.82 Å². The van der Waals surface area contributed by atoms with Gasteiger partial charge in [-0.25, -0.2) is 10.8 Å². The van der Waals surface area contributed by atoms with Crippen molar-refractivity contribution in [3.05, 3.63) is 24.4 Å². The van der Waals surface area contributed by atoms with Crippen molar-refractivity contribution in [2.75, 3.05) is 23.9 Å². The second-order valence-electron chi connectivity index (χ2n) is 3.01. The first-order chi connectivity index (χ1) is 6.69. The minimum absolute atomic E-state index is 0.418. The summed E-state index contributed by atoms with van der Waals surface area (Å²) < 4.78 is 0. The molecule has 1 heterocycles. The highest BCUT2D eigenvalue weighted by atomic mass is 15.3. The summed E-state index contributed by atoms with van der Waals surface area (Å²) in [7, 11) is 1.94. The van der Waals surface area contributed by atoms with E-state index in [1.54, 1.807) is 6.20 Å². The van der Waals surface area contributed by atoms with Gasteiger partial charge in [0, 0.05) is 25.4 Å². The Hall–Kier alpha value is -1.62. The maximum absolute atomic E-state index is 5.23. The molecular weight excluding hydrogens is 178 g/mol. The topological polar surface area (TPSA) is 67.1 Å². The Morgan fingerprint density at radius 3 is 3.00 bits per heavy atom. The van der Waals surface area contributed by atoms with E-state index in [9.17, 15) is 0 Å². The predicted octanol–water partition coefficient (Wildman–Crippen LogP) is 0.693. The van der Waals surface area contributed by atoms with Gasteiger partial charge < -0.3 is 4.90 Å². The van der Waals surface area contributed by atoms with E-state index in [4.69, 9.17) is 5.84 Å². The summed E-state index contributed by atoms with van der Waals surface area (Å²) in [6, 6.07) is 0. The normalized spacial score (nSPS) is 9.64. The molecule has 0 atom stereocenters. The van der Waals surface area contributed by atoms with Crippen LogP contribution in [-0.2, 0) is 0 Å².